The van der Waals surface area contributed by atoms with Crippen LogP contribution in [0.2, 0.25) is 0 Å². The lowest BCUT2D eigenvalue weighted by molar-refractivity contribution is 0.0994. The molecule has 0 atom stereocenters. The molecule has 1 aliphatic carbocycles. The summed E-state index contributed by atoms with van der Waals surface area (Å²) in [7, 11) is 1.62. The van der Waals surface area contributed by atoms with Crippen LogP contribution in [0.5, 0.6) is 5.75 Å². The van der Waals surface area contributed by atoms with Gasteiger partial charge in [-0.3, -0.25) is 4.79 Å². The highest BCUT2D eigenvalue weighted by molar-refractivity contribution is 6.17. The van der Waals surface area contributed by atoms with E-state index in [2.05, 4.69) is 0 Å². The fourth-order valence-electron chi connectivity index (χ4n) is 1.93. The molecular formula is C11H11ClO2. The van der Waals surface area contributed by atoms with Crippen molar-refractivity contribution >= 4 is 17.4 Å². The summed E-state index contributed by atoms with van der Waals surface area (Å²) in [6.45, 7) is 0. The van der Waals surface area contributed by atoms with Gasteiger partial charge in [-0.2, -0.15) is 0 Å². The molecule has 1 aromatic carbocycles. The highest BCUT2D eigenvalue weighted by Gasteiger charge is 2.23. The molecule has 1 aromatic rings. The number of rotatable bonds is 2. The number of carbonyl (C=O) groups excluding carboxylic acids is 1. The molecular weight excluding hydrogens is 200 g/mol. The van der Waals surface area contributed by atoms with Gasteiger partial charge in [-0.25, -0.2) is 0 Å². The Labute approximate surface area is 87.8 Å². The van der Waals surface area contributed by atoms with Crippen molar-refractivity contribution in [2.75, 3.05) is 7.11 Å². The number of carbonyl (C=O) groups is 1. The molecule has 0 aromatic heterocycles. The van der Waals surface area contributed by atoms with Crippen LogP contribution in [0.4, 0.5) is 0 Å². The molecule has 0 bridgehead atoms. The van der Waals surface area contributed by atoms with E-state index in [9.17, 15) is 4.79 Å². The molecule has 0 spiro atoms. The summed E-state index contributed by atoms with van der Waals surface area (Å²) in [6, 6.07) is 3.65. The van der Waals surface area contributed by atoms with Gasteiger partial charge in [-0.05, 0) is 24.1 Å². The Morgan fingerprint density at radius 3 is 2.86 bits per heavy atom. The van der Waals surface area contributed by atoms with E-state index in [1.807, 2.05) is 12.1 Å². The first-order valence-corrected chi connectivity index (χ1v) is 5.09. The van der Waals surface area contributed by atoms with Crippen molar-refractivity contribution < 1.29 is 9.53 Å². The first kappa shape index (κ1) is 9.53. The van der Waals surface area contributed by atoms with E-state index < -0.39 is 0 Å². The summed E-state index contributed by atoms with van der Waals surface area (Å²) < 4.78 is 5.20. The van der Waals surface area contributed by atoms with Gasteiger partial charge in [0.05, 0.1) is 13.0 Å². The third-order valence-electron chi connectivity index (χ3n) is 2.64. The van der Waals surface area contributed by atoms with Crippen molar-refractivity contribution in [3.8, 4) is 5.75 Å². The third-order valence-corrected chi connectivity index (χ3v) is 2.91. The number of Topliss-reactive ketones (excluding diaryl/α,β-unsaturated/α-hetero) is 1. The van der Waals surface area contributed by atoms with E-state index in [4.69, 9.17) is 16.3 Å². The maximum Gasteiger partial charge on any atom is 0.163 e. The maximum atomic E-state index is 11.4. The van der Waals surface area contributed by atoms with Crippen molar-refractivity contribution in [3.05, 3.63) is 28.8 Å². The Bertz CT molecular complexity index is 385. The van der Waals surface area contributed by atoms with Gasteiger partial charge in [-0.15, -0.1) is 11.6 Å². The minimum atomic E-state index is 0.217. The van der Waals surface area contributed by atoms with Crippen molar-refractivity contribution in [3.63, 3.8) is 0 Å². The Kier molecular flexibility index (Phi) is 2.46. The number of alkyl halides is 1. The summed E-state index contributed by atoms with van der Waals surface area (Å²) in [5, 5.41) is 0. The second-order valence-corrected chi connectivity index (χ2v) is 3.60. The number of ketones is 1. The molecule has 0 fully saturated rings. The average molecular weight is 211 g/mol. The highest BCUT2D eigenvalue weighted by atomic mass is 35.5. The van der Waals surface area contributed by atoms with Crippen LogP contribution in [0.1, 0.15) is 27.9 Å². The van der Waals surface area contributed by atoms with Gasteiger partial charge < -0.3 is 4.74 Å². The number of hydrogen-bond donors (Lipinski definition) is 0. The number of hydrogen-bond acceptors (Lipinski definition) is 2. The van der Waals surface area contributed by atoms with Crippen LogP contribution in [-0.2, 0) is 12.3 Å². The van der Waals surface area contributed by atoms with Crippen LogP contribution < -0.4 is 4.74 Å². The molecule has 0 saturated carbocycles. The van der Waals surface area contributed by atoms with Gasteiger partial charge in [0.2, 0.25) is 0 Å². The summed E-state index contributed by atoms with van der Waals surface area (Å²) in [6.07, 6.45) is 1.40. The van der Waals surface area contributed by atoms with E-state index in [1.165, 1.54) is 0 Å². The molecule has 0 heterocycles. The highest BCUT2D eigenvalue weighted by Crippen LogP contribution is 2.32. The molecule has 0 N–H and O–H groups in total. The van der Waals surface area contributed by atoms with Gasteiger partial charge in [0.25, 0.3) is 0 Å². The maximum absolute atomic E-state index is 11.4. The zero-order valence-electron chi connectivity index (χ0n) is 7.97. The summed E-state index contributed by atoms with van der Waals surface area (Å²) in [5.41, 5.74) is 2.86. The van der Waals surface area contributed by atoms with Crippen LogP contribution in [-0.4, -0.2) is 12.9 Å². The Morgan fingerprint density at radius 1 is 1.43 bits per heavy atom. The first-order chi connectivity index (χ1) is 6.77. The van der Waals surface area contributed by atoms with Crippen LogP contribution in [0.3, 0.4) is 0 Å². The molecule has 0 radical (unpaired) electrons. The van der Waals surface area contributed by atoms with E-state index in [0.717, 1.165) is 28.9 Å². The van der Waals surface area contributed by atoms with Gasteiger partial charge in [0, 0.05) is 17.5 Å². The predicted octanol–water partition coefficient (Wildman–Crippen LogP) is 2.56. The lowest BCUT2D eigenvalue weighted by Crippen LogP contribution is -1.97. The first-order valence-electron chi connectivity index (χ1n) is 4.56. The second-order valence-electron chi connectivity index (χ2n) is 3.33. The van der Waals surface area contributed by atoms with Crippen LogP contribution >= 0.6 is 11.6 Å². The Hall–Kier alpha value is -1.02. The second kappa shape index (κ2) is 3.62. The third kappa shape index (κ3) is 1.30. The smallest absolute Gasteiger partial charge is 0.163 e. The quantitative estimate of drug-likeness (QED) is 0.702. The number of fused-ring (bicyclic) bond motifs is 1. The Morgan fingerprint density at radius 2 is 2.21 bits per heavy atom. The minimum absolute atomic E-state index is 0.217. The predicted molar refractivity (Wildman–Crippen MR) is 55.2 cm³/mol. The van der Waals surface area contributed by atoms with Crippen molar-refractivity contribution in [2.24, 2.45) is 0 Å². The normalized spacial score (nSPS) is 14.3. The zero-order chi connectivity index (χ0) is 10.1. The minimum Gasteiger partial charge on any atom is -0.496 e. The summed E-state index contributed by atoms with van der Waals surface area (Å²) >= 11 is 5.85. The molecule has 74 valence electrons. The monoisotopic (exact) mass is 210 g/mol. The number of ether oxygens (including phenoxy) is 1. The molecule has 0 unspecified atom stereocenters. The summed E-state index contributed by atoms with van der Waals surface area (Å²) in [5.74, 6) is 1.40. The molecule has 0 saturated heterocycles. The topological polar surface area (TPSA) is 26.3 Å². The van der Waals surface area contributed by atoms with E-state index in [-0.39, 0.29) is 5.78 Å². The lowest BCUT2D eigenvalue weighted by atomic mass is 10.0. The van der Waals surface area contributed by atoms with Crippen LogP contribution in [0.15, 0.2) is 12.1 Å². The van der Waals surface area contributed by atoms with Gasteiger partial charge in [0.15, 0.2) is 5.78 Å². The SMILES string of the molecule is COc1ccc2c(c1CCl)CCC2=O. The largest absolute Gasteiger partial charge is 0.496 e. The van der Waals surface area contributed by atoms with Gasteiger partial charge in [0.1, 0.15) is 5.75 Å². The van der Waals surface area contributed by atoms with E-state index >= 15 is 0 Å². The molecule has 0 amide bonds. The van der Waals surface area contributed by atoms with Crippen LogP contribution in [0, 0.1) is 0 Å². The molecule has 3 heteroatoms. The molecule has 0 aliphatic heterocycles. The van der Waals surface area contributed by atoms with Crippen molar-refractivity contribution in [1.82, 2.24) is 0 Å². The van der Waals surface area contributed by atoms with Gasteiger partial charge >= 0.3 is 0 Å². The van der Waals surface area contributed by atoms with Crippen molar-refractivity contribution in [1.29, 1.82) is 0 Å². The molecule has 14 heavy (non-hydrogen) atoms. The van der Waals surface area contributed by atoms with Gasteiger partial charge in [-0.1, -0.05) is 0 Å². The lowest BCUT2D eigenvalue weighted by Gasteiger charge is -2.10. The Balaban J connectivity index is 2.59. The van der Waals surface area contributed by atoms with Crippen molar-refractivity contribution in [2.45, 2.75) is 18.7 Å². The number of halogens is 1. The fourth-order valence-corrected chi connectivity index (χ4v) is 2.22. The summed E-state index contributed by atoms with van der Waals surface area (Å²) in [4.78, 5) is 11.4. The average Bonchev–Trinajstić information content (AvgIpc) is 2.59. The molecule has 2 rings (SSSR count). The van der Waals surface area contributed by atoms with E-state index in [1.54, 1.807) is 7.11 Å². The molecule has 2 nitrogen and oxygen atoms in total. The standard InChI is InChI=1S/C11H11ClO2/c1-14-11-5-3-8-7(9(11)6-12)2-4-10(8)13/h3,5H,2,4,6H2,1H3. The van der Waals surface area contributed by atoms with E-state index in [0.29, 0.717) is 12.3 Å². The fraction of sp³-hybridized carbons (Fsp3) is 0.364. The zero-order valence-corrected chi connectivity index (χ0v) is 8.73. The molecule has 1 aliphatic rings. The van der Waals surface area contributed by atoms with Crippen LogP contribution in [0.25, 0.3) is 0 Å². The number of methoxy groups -OCH3 is 1. The number of benzene rings is 1.